The van der Waals surface area contributed by atoms with E-state index in [0.29, 0.717) is 24.3 Å². The van der Waals surface area contributed by atoms with Gasteiger partial charge in [-0.05, 0) is 55.5 Å². The maximum Gasteiger partial charge on any atom is 0.213 e. The maximum atomic E-state index is 10.5. The van der Waals surface area contributed by atoms with Crippen molar-refractivity contribution in [3.05, 3.63) is 83.4 Å². The van der Waals surface area contributed by atoms with Gasteiger partial charge in [0.1, 0.15) is 23.0 Å². The lowest BCUT2D eigenvalue weighted by atomic mass is 9.95. The van der Waals surface area contributed by atoms with Gasteiger partial charge in [-0.25, -0.2) is 5.01 Å². The standard InChI is InChI=1S/C25H24N2O4/c1-3-30-17-10-8-16(9-11-17)25-27-22(19-6-4-5-7-24(19)31-25)15-21(26-27)20-14-18(29-2)12-13-23(20)28/h4-14,22,25,28H,3,15H2,1-2H3/t22-,25+/m1/s1. The van der Waals surface area contributed by atoms with Crippen LogP contribution in [-0.4, -0.2) is 29.5 Å². The van der Waals surface area contributed by atoms with E-state index in [1.54, 1.807) is 19.2 Å². The fourth-order valence-electron chi connectivity index (χ4n) is 4.19. The van der Waals surface area contributed by atoms with Crippen LogP contribution in [0, 0.1) is 0 Å². The molecule has 2 aliphatic heterocycles. The number of fused-ring (bicyclic) bond motifs is 3. The van der Waals surface area contributed by atoms with E-state index in [9.17, 15) is 5.11 Å². The van der Waals surface area contributed by atoms with Crippen LogP contribution in [-0.2, 0) is 0 Å². The van der Waals surface area contributed by atoms with Gasteiger partial charge in [0.05, 0.1) is 25.5 Å². The Morgan fingerprint density at radius 1 is 1.06 bits per heavy atom. The summed E-state index contributed by atoms with van der Waals surface area (Å²) in [7, 11) is 1.61. The summed E-state index contributed by atoms with van der Waals surface area (Å²) in [5.41, 5.74) is 3.56. The van der Waals surface area contributed by atoms with Crippen LogP contribution in [0.2, 0.25) is 0 Å². The van der Waals surface area contributed by atoms with Crippen molar-refractivity contribution in [1.29, 1.82) is 0 Å². The van der Waals surface area contributed by atoms with E-state index in [-0.39, 0.29) is 18.0 Å². The summed E-state index contributed by atoms with van der Waals surface area (Å²) < 4.78 is 17.3. The normalized spacial score (nSPS) is 19.2. The van der Waals surface area contributed by atoms with E-state index in [2.05, 4.69) is 6.07 Å². The molecule has 3 aromatic carbocycles. The number of benzene rings is 3. The fourth-order valence-corrected chi connectivity index (χ4v) is 4.19. The fraction of sp³-hybridized carbons (Fsp3) is 0.240. The third kappa shape index (κ3) is 3.44. The van der Waals surface area contributed by atoms with Crippen molar-refractivity contribution in [3.63, 3.8) is 0 Å². The van der Waals surface area contributed by atoms with Gasteiger partial charge in [-0.1, -0.05) is 18.2 Å². The Morgan fingerprint density at radius 2 is 1.84 bits per heavy atom. The summed E-state index contributed by atoms with van der Waals surface area (Å²) in [4.78, 5) is 0. The molecule has 2 heterocycles. The first-order valence-electron chi connectivity index (χ1n) is 10.4. The number of phenols is 1. The zero-order valence-corrected chi connectivity index (χ0v) is 17.5. The van der Waals surface area contributed by atoms with Crippen molar-refractivity contribution < 1.29 is 19.3 Å². The SMILES string of the molecule is CCOc1ccc([C@@H]2Oc3ccccc3[C@H]3CC(c4cc(OC)ccc4O)=NN32)cc1. The molecule has 0 unspecified atom stereocenters. The predicted octanol–water partition coefficient (Wildman–Crippen LogP) is 5.04. The highest BCUT2D eigenvalue weighted by Crippen LogP contribution is 2.48. The molecule has 3 aromatic rings. The molecule has 2 atom stereocenters. The van der Waals surface area contributed by atoms with Crippen LogP contribution in [0.5, 0.6) is 23.0 Å². The Hall–Kier alpha value is -3.67. The molecule has 5 rings (SSSR count). The molecule has 6 nitrogen and oxygen atoms in total. The second-order valence-electron chi connectivity index (χ2n) is 7.54. The molecule has 0 amide bonds. The van der Waals surface area contributed by atoms with Gasteiger partial charge in [0, 0.05) is 23.1 Å². The molecular weight excluding hydrogens is 392 g/mol. The minimum atomic E-state index is -0.374. The number of phenolic OH excluding ortho intramolecular Hbond substituents is 1. The molecular formula is C25H24N2O4. The summed E-state index contributed by atoms with van der Waals surface area (Å²) in [5, 5.41) is 17.4. The summed E-state index contributed by atoms with van der Waals surface area (Å²) in [6.07, 6.45) is 0.287. The maximum absolute atomic E-state index is 10.5. The molecule has 2 aliphatic rings. The van der Waals surface area contributed by atoms with Crippen LogP contribution in [0.1, 0.15) is 42.3 Å². The Bertz CT molecular complexity index is 1130. The predicted molar refractivity (Wildman–Crippen MR) is 118 cm³/mol. The third-order valence-corrected chi connectivity index (χ3v) is 5.69. The Labute approximate surface area is 181 Å². The van der Waals surface area contributed by atoms with Gasteiger partial charge in [0.2, 0.25) is 6.23 Å². The second-order valence-corrected chi connectivity index (χ2v) is 7.54. The molecule has 1 N–H and O–H groups in total. The lowest BCUT2D eigenvalue weighted by Gasteiger charge is -2.38. The van der Waals surface area contributed by atoms with E-state index >= 15 is 0 Å². The number of hydrogen-bond acceptors (Lipinski definition) is 6. The molecule has 31 heavy (non-hydrogen) atoms. The zero-order chi connectivity index (χ0) is 21.4. The van der Waals surface area contributed by atoms with Crippen LogP contribution in [0.4, 0.5) is 0 Å². The van der Waals surface area contributed by atoms with E-state index in [1.807, 2.05) is 60.5 Å². The van der Waals surface area contributed by atoms with Gasteiger partial charge in [-0.2, -0.15) is 5.10 Å². The summed E-state index contributed by atoms with van der Waals surface area (Å²) in [5.74, 6) is 2.55. The van der Waals surface area contributed by atoms with E-state index in [4.69, 9.17) is 19.3 Å². The Morgan fingerprint density at radius 3 is 2.61 bits per heavy atom. The van der Waals surface area contributed by atoms with Crippen molar-refractivity contribution in [2.45, 2.75) is 25.6 Å². The van der Waals surface area contributed by atoms with Gasteiger partial charge >= 0.3 is 0 Å². The first kappa shape index (κ1) is 19.3. The highest BCUT2D eigenvalue weighted by Gasteiger charge is 2.41. The van der Waals surface area contributed by atoms with Crippen molar-refractivity contribution in [2.24, 2.45) is 5.10 Å². The number of nitrogens with zero attached hydrogens (tertiary/aromatic N) is 2. The first-order chi connectivity index (χ1) is 15.2. The second kappa shape index (κ2) is 7.87. The van der Waals surface area contributed by atoms with Gasteiger partial charge in [-0.15, -0.1) is 0 Å². The summed E-state index contributed by atoms with van der Waals surface area (Å²) in [6, 6.07) is 21.2. The summed E-state index contributed by atoms with van der Waals surface area (Å²) in [6.45, 7) is 2.59. The van der Waals surface area contributed by atoms with Crippen LogP contribution in [0.3, 0.4) is 0 Å². The molecule has 0 spiro atoms. The molecule has 158 valence electrons. The van der Waals surface area contributed by atoms with Crippen LogP contribution in [0.25, 0.3) is 0 Å². The number of para-hydroxylation sites is 1. The highest BCUT2D eigenvalue weighted by atomic mass is 16.5. The first-order valence-corrected chi connectivity index (χ1v) is 10.4. The Kier molecular flexibility index (Phi) is 4.90. The van der Waals surface area contributed by atoms with Gasteiger partial charge < -0.3 is 19.3 Å². The smallest absolute Gasteiger partial charge is 0.213 e. The van der Waals surface area contributed by atoms with Crippen LogP contribution >= 0.6 is 0 Å². The third-order valence-electron chi connectivity index (χ3n) is 5.69. The lowest BCUT2D eigenvalue weighted by molar-refractivity contribution is -0.0190. The zero-order valence-electron chi connectivity index (χ0n) is 17.5. The molecule has 0 bridgehead atoms. The van der Waals surface area contributed by atoms with Crippen molar-refractivity contribution >= 4 is 5.71 Å². The largest absolute Gasteiger partial charge is 0.507 e. The Balaban J connectivity index is 1.56. The molecule has 0 radical (unpaired) electrons. The van der Waals surface area contributed by atoms with E-state index < -0.39 is 0 Å². The molecule has 6 heteroatoms. The van der Waals surface area contributed by atoms with E-state index in [1.165, 1.54) is 0 Å². The number of hydrogen-bond donors (Lipinski definition) is 1. The molecule has 0 saturated heterocycles. The lowest BCUT2D eigenvalue weighted by Crippen LogP contribution is -2.33. The highest BCUT2D eigenvalue weighted by molar-refractivity contribution is 6.04. The average molecular weight is 416 g/mol. The monoisotopic (exact) mass is 416 g/mol. The number of ether oxygens (including phenoxy) is 3. The van der Waals surface area contributed by atoms with Gasteiger partial charge in [-0.3, -0.25) is 0 Å². The van der Waals surface area contributed by atoms with Gasteiger partial charge in [0.15, 0.2) is 0 Å². The quantitative estimate of drug-likeness (QED) is 0.631. The average Bonchev–Trinajstić information content (AvgIpc) is 3.25. The van der Waals surface area contributed by atoms with Crippen molar-refractivity contribution in [3.8, 4) is 23.0 Å². The van der Waals surface area contributed by atoms with Crippen molar-refractivity contribution in [2.75, 3.05) is 13.7 Å². The number of rotatable bonds is 5. The molecule has 0 aliphatic carbocycles. The van der Waals surface area contributed by atoms with Crippen molar-refractivity contribution in [1.82, 2.24) is 5.01 Å². The van der Waals surface area contributed by atoms with Crippen LogP contribution in [0.15, 0.2) is 71.8 Å². The number of methoxy groups -OCH3 is 1. The number of hydrazone groups is 1. The van der Waals surface area contributed by atoms with Crippen LogP contribution < -0.4 is 14.2 Å². The molecule has 0 aromatic heterocycles. The minimum Gasteiger partial charge on any atom is -0.507 e. The van der Waals surface area contributed by atoms with Gasteiger partial charge in [0.25, 0.3) is 0 Å². The number of aromatic hydroxyl groups is 1. The van der Waals surface area contributed by atoms with E-state index in [0.717, 1.165) is 28.3 Å². The topological polar surface area (TPSA) is 63.5 Å². The summed E-state index contributed by atoms with van der Waals surface area (Å²) >= 11 is 0. The minimum absolute atomic E-state index is 0.0159. The molecule has 0 saturated carbocycles. The molecule has 0 fully saturated rings.